The minimum Gasteiger partial charge on any atom is -0.355 e. The minimum absolute atomic E-state index is 0.0763. The molecule has 38 heavy (non-hydrogen) atoms. The molecule has 0 saturated heterocycles. The van der Waals surface area contributed by atoms with Crippen molar-refractivity contribution >= 4 is 39.1 Å². The van der Waals surface area contributed by atoms with Crippen molar-refractivity contribution in [3.8, 4) is 0 Å². The van der Waals surface area contributed by atoms with Crippen LogP contribution < -0.4 is 9.62 Å². The largest absolute Gasteiger partial charge is 0.355 e. The Bertz CT molecular complexity index is 1310. The number of halogens is 1. The van der Waals surface area contributed by atoms with Crippen LogP contribution in [-0.2, 0) is 32.6 Å². The first-order valence-electron chi connectivity index (χ1n) is 12.7. The molecule has 3 aromatic rings. The Morgan fingerprint density at radius 1 is 0.868 bits per heavy atom. The Hall–Kier alpha value is -3.36. The van der Waals surface area contributed by atoms with Crippen LogP contribution in [0, 0.1) is 0 Å². The maximum Gasteiger partial charge on any atom is 0.264 e. The minimum atomic E-state index is -4.08. The highest BCUT2D eigenvalue weighted by Crippen LogP contribution is 2.25. The van der Waals surface area contributed by atoms with Crippen molar-refractivity contribution in [3.63, 3.8) is 0 Å². The van der Waals surface area contributed by atoms with Crippen LogP contribution in [0.5, 0.6) is 0 Å². The maximum atomic E-state index is 13.9. The van der Waals surface area contributed by atoms with Crippen LogP contribution in [-0.4, -0.2) is 44.3 Å². The second-order valence-electron chi connectivity index (χ2n) is 8.81. The van der Waals surface area contributed by atoms with Crippen molar-refractivity contribution in [2.24, 2.45) is 0 Å². The number of rotatable bonds is 12. The lowest BCUT2D eigenvalue weighted by Crippen LogP contribution is -2.52. The summed E-state index contributed by atoms with van der Waals surface area (Å²) >= 11 is 6.04. The first-order chi connectivity index (χ1) is 18.2. The van der Waals surface area contributed by atoms with Crippen LogP contribution in [0.2, 0.25) is 5.02 Å². The molecule has 1 atom stereocenters. The average Bonchev–Trinajstić information content (AvgIpc) is 2.93. The number of hydrogen-bond donors (Lipinski definition) is 1. The van der Waals surface area contributed by atoms with Gasteiger partial charge in [0, 0.05) is 18.1 Å². The number of sulfonamides is 1. The van der Waals surface area contributed by atoms with Crippen LogP contribution in [0.25, 0.3) is 0 Å². The number of likely N-dealkylation sites (N-methyl/N-ethyl adjacent to an activating group) is 1. The fourth-order valence-electron chi connectivity index (χ4n) is 4.14. The van der Waals surface area contributed by atoms with Crippen molar-refractivity contribution in [2.45, 2.75) is 51.1 Å². The third-order valence-corrected chi connectivity index (χ3v) is 8.29. The zero-order valence-electron chi connectivity index (χ0n) is 21.9. The predicted octanol–water partition coefficient (Wildman–Crippen LogP) is 5.04. The molecule has 0 aliphatic rings. The second-order valence-corrected chi connectivity index (χ2v) is 11.1. The van der Waals surface area contributed by atoms with Gasteiger partial charge >= 0.3 is 0 Å². The number of amides is 2. The Morgan fingerprint density at radius 3 is 2.03 bits per heavy atom. The predicted molar refractivity (Wildman–Crippen MR) is 152 cm³/mol. The fraction of sp³-hybridized carbons (Fsp3) is 0.310. The van der Waals surface area contributed by atoms with E-state index in [0.29, 0.717) is 23.7 Å². The van der Waals surface area contributed by atoms with Crippen LogP contribution >= 0.6 is 11.6 Å². The van der Waals surface area contributed by atoms with Gasteiger partial charge in [0.2, 0.25) is 11.8 Å². The van der Waals surface area contributed by atoms with Gasteiger partial charge in [-0.2, -0.15) is 0 Å². The smallest absolute Gasteiger partial charge is 0.264 e. The number of nitrogens with zero attached hydrogens (tertiary/aromatic N) is 2. The van der Waals surface area contributed by atoms with E-state index in [2.05, 4.69) is 5.32 Å². The Labute approximate surface area is 230 Å². The molecule has 2 amide bonds. The third kappa shape index (κ3) is 7.14. The summed E-state index contributed by atoms with van der Waals surface area (Å²) in [6.45, 7) is 5.72. The molecule has 0 radical (unpaired) electrons. The highest BCUT2D eigenvalue weighted by Gasteiger charge is 2.33. The molecule has 3 aromatic carbocycles. The van der Waals surface area contributed by atoms with Crippen LogP contribution in [0.4, 0.5) is 5.69 Å². The number of anilines is 1. The lowest BCUT2D eigenvalue weighted by Gasteiger charge is -2.33. The van der Waals surface area contributed by atoms with Crippen molar-refractivity contribution < 1.29 is 18.0 Å². The molecule has 0 heterocycles. The standard InChI is InChI=1S/C29H34ClN3O4S/c1-4-22-14-18-25(19-15-22)33(38(36,37)26-10-8-7-9-11-26)21-28(34)32(27(5-2)29(35)31-6-3)20-23-12-16-24(30)17-13-23/h7-19,27H,4-6,20-21H2,1-3H3,(H,31,35). The number of carbonyl (C=O) groups is 2. The molecule has 0 bridgehead atoms. The van der Waals surface area contributed by atoms with Gasteiger partial charge in [-0.25, -0.2) is 8.42 Å². The highest BCUT2D eigenvalue weighted by atomic mass is 35.5. The summed E-state index contributed by atoms with van der Waals surface area (Å²) in [7, 11) is -4.08. The molecule has 0 aromatic heterocycles. The van der Waals surface area contributed by atoms with Gasteiger partial charge in [-0.1, -0.05) is 67.9 Å². The van der Waals surface area contributed by atoms with Crippen molar-refractivity contribution in [3.05, 3.63) is 95.0 Å². The summed E-state index contributed by atoms with van der Waals surface area (Å²) in [5, 5.41) is 3.35. The summed E-state index contributed by atoms with van der Waals surface area (Å²) in [6, 6.07) is 21.4. The number of benzene rings is 3. The van der Waals surface area contributed by atoms with Gasteiger partial charge in [-0.15, -0.1) is 0 Å². The monoisotopic (exact) mass is 555 g/mol. The van der Waals surface area contributed by atoms with Gasteiger partial charge < -0.3 is 10.2 Å². The molecule has 0 saturated carbocycles. The summed E-state index contributed by atoms with van der Waals surface area (Å²) < 4.78 is 28.7. The van der Waals surface area contributed by atoms with Gasteiger partial charge in [0.25, 0.3) is 10.0 Å². The molecule has 7 nitrogen and oxygen atoms in total. The normalized spacial score (nSPS) is 12.0. The summed E-state index contributed by atoms with van der Waals surface area (Å²) in [5.74, 6) is -0.779. The molecule has 0 aliphatic heterocycles. The molecule has 202 valence electrons. The Balaban J connectivity index is 2.04. The average molecular weight is 556 g/mol. The fourth-order valence-corrected chi connectivity index (χ4v) is 5.71. The molecule has 0 fully saturated rings. The van der Waals surface area contributed by atoms with Crippen LogP contribution in [0.1, 0.15) is 38.3 Å². The van der Waals surface area contributed by atoms with E-state index < -0.39 is 28.5 Å². The molecule has 1 unspecified atom stereocenters. The van der Waals surface area contributed by atoms with Crippen molar-refractivity contribution in [2.75, 3.05) is 17.4 Å². The third-order valence-electron chi connectivity index (χ3n) is 6.25. The van der Waals surface area contributed by atoms with Crippen molar-refractivity contribution in [1.29, 1.82) is 0 Å². The summed E-state index contributed by atoms with van der Waals surface area (Å²) in [5.41, 5.74) is 2.19. The zero-order chi connectivity index (χ0) is 27.7. The SMILES string of the molecule is CCNC(=O)C(CC)N(Cc1ccc(Cl)cc1)C(=O)CN(c1ccc(CC)cc1)S(=O)(=O)c1ccccc1. The summed E-state index contributed by atoms with van der Waals surface area (Å²) in [6.07, 6.45) is 1.16. The number of aryl methyl sites for hydroxylation is 1. The van der Waals surface area contributed by atoms with Gasteiger partial charge in [0.1, 0.15) is 12.6 Å². The first kappa shape index (κ1) is 29.2. The zero-order valence-corrected chi connectivity index (χ0v) is 23.5. The van der Waals surface area contributed by atoms with E-state index in [4.69, 9.17) is 11.6 Å². The van der Waals surface area contributed by atoms with E-state index in [9.17, 15) is 18.0 Å². The Morgan fingerprint density at radius 2 is 1.47 bits per heavy atom. The quantitative estimate of drug-likeness (QED) is 0.339. The van der Waals surface area contributed by atoms with E-state index in [1.165, 1.54) is 17.0 Å². The van der Waals surface area contributed by atoms with Crippen LogP contribution in [0.3, 0.4) is 0 Å². The van der Waals surface area contributed by atoms with E-state index in [-0.39, 0.29) is 17.3 Å². The second kappa shape index (κ2) is 13.4. The molecular formula is C29H34ClN3O4S. The van der Waals surface area contributed by atoms with Crippen molar-refractivity contribution in [1.82, 2.24) is 10.2 Å². The summed E-state index contributed by atoms with van der Waals surface area (Å²) in [4.78, 5) is 28.4. The Kier molecular flexibility index (Phi) is 10.3. The van der Waals surface area contributed by atoms with E-state index >= 15 is 0 Å². The molecule has 3 rings (SSSR count). The lowest BCUT2D eigenvalue weighted by atomic mass is 10.1. The van der Waals surface area contributed by atoms with Gasteiger partial charge in [0.05, 0.1) is 10.6 Å². The van der Waals surface area contributed by atoms with Gasteiger partial charge in [-0.05, 0) is 67.3 Å². The highest BCUT2D eigenvalue weighted by molar-refractivity contribution is 7.92. The van der Waals surface area contributed by atoms with E-state index in [1.807, 2.05) is 32.9 Å². The van der Waals surface area contributed by atoms with Crippen LogP contribution in [0.15, 0.2) is 83.8 Å². The van der Waals surface area contributed by atoms with E-state index in [1.54, 1.807) is 54.6 Å². The van der Waals surface area contributed by atoms with Gasteiger partial charge in [0.15, 0.2) is 0 Å². The molecule has 0 spiro atoms. The molecule has 0 aliphatic carbocycles. The maximum absolute atomic E-state index is 13.9. The molecular weight excluding hydrogens is 522 g/mol. The lowest BCUT2D eigenvalue weighted by molar-refractivity contribution is -0.140. The number of carbonyl (C=O) groups excluding carboxylic acids is 2. The van der Waals surface area contributed by atoms with Gasteiger partial charge in [-0.3, -0.25) is 13.9 Å². The topological polar surface area (TPSA) is 86.8 Å². The number of hydrogen-bond acceptors (Lipinski definition) is 4. The molecule has 1 N–H and O–H groups in total. The van der Waals surface area contributed by atoms with E-state index in [0.717, 1.165) is 21.9 Å². The first-order valence-corrected chi connectivity index (χ1v) is 14.5. The molecule has 9 heteroatoms. The number of nitrogens with one attached hydrogen (secondary N) is 1.